The SMILES string of the molecule is CCCCCOC(=O)C1C(C)=NC2=C(C(=O)CCC2)[C@H]1c1cc(OC)c(OC)cc1[N+](=O)[O-]. The van der Waals surface area contributed by atoms with Crippen LogP contribution in [0.2, 0.25) is 0 Å². The van der Waals surface area contributed by atoms with Crippen LogP contribution in [0.1, 0.15) is 63.9 Å². The van der Waals surface area contributed by atoms with Gasteiger partial charge in [0.05, 0.1) is 31.8 Å². The fraction of sp³-hybridized carbons (Fsp3) is 0.542. The predicted molar refractivity (Wildman–Crippen MR) is 122 cm³/mol. The number of aliphatic imine (C=N–C) groups is 1. The second-order valence-corrected chi connectivity index (χ2v) is 8.24. The van der Waals surface area contributed by atoms with Gasteiger partial charge in [-0.1, -0.05) is 19.8 Å². The highest BCUT2D eigenvalue weighted by Gasteiger charge is 2.46. The van der Waals surface area contributed by atoms with E-state index in [2.05, 4.69) is 11.9 Å². The van der Waals surface area contributed by atoms with Crippen LogP contribution in [-0.2, 0) is 14.3 Å². The normalized spacial score (nSPS) is 20.1. The van der Waals surface area contributed by atoms with E-state index in [1.807, 2.05) is 0 Å². The van der Waals surface area contributed by atoms with Gasteiger partial charge in [-0.25, -0.2) is 0 Å². The van der Waals surface area contributed by atoms with Crippen LogP contribution in [0.25, 0.3) is 0 Å². The van der Waals surface area contributed by atoms with E-state index in [0.717, 1.165) is 19.3 Å². The standard InChI is InChI=1S/C24H30N2O7/c1-5-6-7-11-33-24(28)21-14(2)25-16-9-8-10-18(27)23(16)22(21)15-12-19(31-3)20(32-4)13-17(15)26(29)30/h12-13,21-22H,5-11H2,1-4H3/t21?,22-/m0/s1. The molecular formula is C24H30N2O7. The zero-order chi connectivity index (χ0) is 24.1. The van der Waals surface area contributed by atoms with Gasteiger partial charge in [-0.3, -0.25) is 24.7 Å². The third-order valence-corrected chi connectivity index (χ3v) is 6.15. The highest BCUT2D eigenvalue weighted by atomic mass is 16.6. The summed E-state index contributed by atoms with van der Waals surface area (Å²) in [5, 5.41) is 12.0. The molecule has 0 aromatic heterocycles. The summed E-state index contributed by atoms with van der Waals surface area (Å²) < 4.78 is 16.2. The van der Waals surface area contributed by atoms with Crippen LogP contribution in [0.3, 0.4) is 0 Å². The molecule has 0 fully saturated rings. The van der Waals surface area contributed by atoms with Crippen molar-refractivity contribution >= 4 is 23.2 Å². The van der Waals surface area contributed by atoms with Gasteiger partial charge in [-0.15, -0.1) is 0 Å². The Balaban J connectivity index is 2.18. The fourth-order valence-corrected chi connectivity index (χ4v) is 4.55. The molecule has 1 unspecified atom stereocenters. The maximum atomic E-state index is 13.2. The van der Waals surface area contributed by atoms with Crippen molar-refractivity contribution in [2.24, 2.45) is 10.9 Å². The van der Waals surface area contributed by atoms with Crippen LogP contribution < -0.4 is 9.47 Å². The number of rotatable bonds is 9. The highest BCUT2D eigenvalue weighted by Crippen LogP contribution is 2.48. The molecule has 1 aromatic rings. The molecule has 2 atom stereocenters. The van der Waals surface area contributed by atoms with E-state index in [1.54, 1.807) is 6.92 Å². The van der Waals surface area contributed by atoms with Gasteiger partial charge in [0.25, 0.3) is 5.69 Å². The molecule has 1 aliphatic heterocycles. The Morgan fingerprint density at radius 2 is 1.88 bits per heavy atom. The summed E-state index contributed by atoms with van der Waals surface area (Å²) in [6.45, 7) is 4.01. The van der Waals surface area contributed by atoms with Gasteiger partial charge in [0.1, 0.15) is 5.92 Å². The van der Waals surface area contributed by atoms with Crippen molar-refractivity contribution in [3.05, 3.63) is 39.1 Å². The molecule has 0 bridgehead atoms. The smallest absolute Gasteiger partial charge is 0.315 e. The van der Waals surface area contributed by atoms with Crippen molar-refractivity contribution < 1.29 is 28.7 Å². The highest BCUT2D eigenvalue weighted by molar-refractivity contribution is 6.09. The van der Waals surface area contributed by atoms with Gasteiger partial charge in [-0.2, -0.15) is 0 Å². The maximum Gasteiger partial charge on any atom is 0.315 e. The molecular weight excluding hydrogens is 428 g/mol. The number of allylic oxidation sites excluding steroid dienone is 2. The Hall–Kier alpha value is -3.23. The first-order valence-electron chi connectivity index (χ1n) is 11.2. The van der Waals surface area contributed by atoms with Crippen molar-refractivity contribution in [3.63, 3.8) is 0 Å². The number of unbranched alkanes of at least 4 members (excludes halogenated alkanes) is 2. The first kappa shape index (κ1) is 24.4. The first-order valence-corrected chi connectivity index (χ1v) is 11.2. The number of methoxy groups -OCH3 is 2. The molecule has 0 N–H and O–H groups in total. The average Bonchev–Trinajstić information content (AvgIpc) is 2.80. The second-order valence-electron chi connectivity index (χ2n) is 8.24. The van der Waals surface area contributed by atoms with E-state index in [9.17, 15) is 19.7 Å². The van der Waals surface area contributed by atoms with E-state index in [4.69, 9.17) is 14.2 Å². The minimum absolute atomic E-state index is 0.148. The van der Waals surface area contributed by atoms with Crippen LogP contribution >= 0.6 is 0 Å². The van der Waals surface area contributed by atoms with Crippen LogP contribution in [0.4, 0.5) is 5.69 Å². The number of carbonyl (C=O) groups is 2. The number of Topliss-reactive ketones (excluding diaryl/α,β-unsaturated/α-hetero) is 1. The zero-order valence-corrected chi connectivity index (χ0v) is 19.5. The third-order valence-electron chi connectivity index (χ3n) is 6.15. The molecule has 9 nitrogen and oxygen atoms in total. The Morgan fingerprint density at radius 1 is 1.18 bits per heavy atom. The van der Waals surface area contributed by atoms with Crippen molar-refractivity contribution in [1.29, 1.82) is 0 Å². The van der Waals surface area contributed by atoms with Gasteiger partial charge in [0.15, 0.2) is 17.3 Å². The van der Waals surface area contributed by atoms with Crippen LogP contribution in [0.5, 0.6) is 11.5 Å². The number of ketones is 1. The van der Waals surface area contributed by atoms with Gasteiger partial charge < -0.3 is 14.2 Å². The molecule has 0 amide bonds. The molecule has 3 rings (SSSR count). The first-order chi connectivity index (χ1) is 15.8. The van der Waals surface area contributed by atoms with Crippen molar-refractivity contribution in [1.82, 2.24) is 0 Å². The third kappa shape index (κ3) is 4.91. The molecule has 1 aliphatic carbocycles. The Bertz CT molecular complexity index is 1010. The minimum Gasteiger partial charge on any atom is -0.493 e. The molecule has 0 spiro atoms. The molecule has 1 aromatic carbocycles. The number of nitro benzene ring substituents is 1. The molecule has 178 valence electrons. The molecule has 2 aliphatic rings. The lowest BCUT2D eigenvalue weighted by atomic mass is 9.71. The monoisotopic (exact) mass is 458 g/mol. The number of ether oxygens (including phenoxy) is 3. The minimum atomic E-state index is -0.941. The van der Waals surface area contributed by atoms with E-state index in [-0.39, 0.29) is 35.1 Å². The zero-order valence-electron chi connectivity index (χ0n) is 19.5. The molecule has 0 saturated carbocycles. The predicted octanol–water partition coefficient (Wildman–Crippen LogP) is 4.53. The summed E-state index contributed by atoms with van der Waals surface area (Å²) in [5.74, 6) is -2.04. The van der Waals surface area contributed by atoms with E-state index < -0.39 is 22.7 Å². The van der Waals surface area contributed by atoms with E-state index in [1.165, 1.54) is 26.4 Å². The maximum absolute atomic E-state index is 13.2. The lowest BCUT2D eigenvalue weighted by Crippen LogP contribution is -2.37. The number of benzene rings is 1. The number of nitro groups is 1. The number of hydrogen-bond donors (Lipinski definition) is 0. The lowest BCUT2D eigenvalue weighted by molar-refractivity contribution is -0.385. The van der Waals surface area contributed by atoms with Crippen molar-refractivity contribution in [3.8, 4) is 11.5 Å². The second kappa shape index (κ2) is 10.6. The molecule has 0 saturated heterocycles. The summed E-state index contributed by atoms with van der Waals surface area (Å²) >= 11 is 0. The van der Waals surface area contributed by atoms with Gasteiger partial charge in [-0.05, 0) is 32.3 Å². The number of hydrogen-bond acceptors (Lipinski definition) is 8. The number of nitrogens with zero attached hydrogens (tertiary/aromatic N) is 2. The lowest BCUT2D eigenvalue weighted by Gasteiger charge is -2.34. The molecule has 33 heavy (non-hydrogen) atoms. The molecule has 0 radical (unpaired) electrons. The van der Waals surface area contributed by atoms with Crippen LogP contribution in [0, 0.1) is 16.0 Å². The summed E-state index contributed by atoms with van der Waals surface area (Å²) in [6, 6.07) is 2.76. The molecule has 9 heteroatoms. The number of carbonyl (C=O) groups excluding carboxylic acids is 2. The summed E-state index contributed by atoms with van der Waals surface area (Å²) in [4.78, 5) is 42.4. The quantitative estimate of drug-likeness (QED) is 0.231. The fourth-order valence-electron chi connectivity index (χ4n) is 4.55. The van der Waals surface area contributed by atoms with Crippen molar-refractivity contribution in [2.45, 2.75) is 58.3 Å². The topological polar surface area (TPSA) is 117 Å². The van der Waals surface area contributed by atoms with Crippen LogP contribution in [0.15, 0.2) is 28.4 Å². The largest absolute Gasteiger partial charge is 0.493 e. The van der Waals surface area contributed by atoms with E-state index >= 15 is 0 Å². The Labute approximate surface area is 193 Å². The summed E-state index contributed by atoms with van der Waals surface area (Å²) in [6.07, 6.45) is 4.16. The Morgan fingerprint density at radius 3 is 2.52 bits per heavy atom. The summed E-state index contributed by atoms with van der Waals surface area (Å²) in [7, 11) is 2.82. The van der Waals surface area contributed by atoms with Crippen molar-refractivity contribution in [2.75, 3.05) is 20.8 Å². The van der Waals surface area contributed by atoms with Gasteiger partial charge in [0, 0.05) is 34.9 Å². The molecule has 1 heterocycles. The van der Waals surface area contributed by atoms with Crippen LogP contribution in [-0.4, -0.2) is 43.2 Å². The van der Waals surface area contributed by atoms with E-state index in [0.29, 0.717) is 36.2 Å². The van der Waals surface area contributed by atoms with Gasteiger partial charge in [0.2, 0.25) is 0 Å². The average molecular weight is 459 g/mol. The number of esters is 1. The Kier molecular flexibility index (Phi) is 7.84. The summed E-state index contributed by atoms with van der Waals surface area (Å²) in [5.41, 5.74) is 1.40. The van der Waals surface area contributed by atoms with Gasteiger partial charge >= 0.3 is 5.97 Å².